The van der Waals surface area contributed by atoms with Crippen LogP contribution in [0.25, 0.3) is 0 Å². The van der Waals surface area contributed by atoms with Gasteiger partial charge in [-0.25, -0.2) is 8.42 Å². The molecule has 8 heteroatoms. The van der Waals surface area contributed by atoms with Gasteiger partial charge in [0.15, 0.2) is 0 Å². The molecule has 0 aliphatic carbocycles. The average molecular weight is 508 g/mol. The summed E-state index contributed by atoms with van der Waals surface area (Å²) in [5.74, 6) is 0.481. The maximum absolute atomic E-state index is 13.4. The molecule has 1 heterocycles. The lowest BCUT2D eigenvalue weighted by molar-refractivity contribution is 0.0746. The van der Waals surface area contributed by atoms with E-state index in [0.717, 1.165) is 13.1 Å². The first-order chi connectivity index (χ1) is 17.2. The molecule has 0 aromatic heterocycles. The Morgan fingerprint density at radius 3 is 2.31 bits per heavy atom. The molecule has 3 aromatic carbocycles. The van der Waals surface area contributed by atoms with Crippen molar-refractivity contribution >= 4 is 21.6 Å². The quantitative estimate of drug-likeness (QED) is 0.482. The van der Waals surface area contributed by atoms with Gasteiger partial charge < -0.3 is 14.5 Å². The van der Waals surface area contributed by atoms with Crippen molar-refractivity contribution in [1.29, 1.82) is 0 Å². The third kappa shape index (κ3) is 5.24. The summed E-state index contributed by atoms with van der Waals surface area (Å²) in [5, 5.41) is 0. The molecule has 0 atom stereocenters. The van der Waals surface area contributed by atoms with Crippen molar-refractivity contribution in [2.24, 2.45) is 0 Å². The van der Waals surface area contributed by atoms with Crippen molar-refractivity contribution in [3.8, 4) is 5.75 Å². The van der Waals surface area contributed by atoms with E-state index in [1.54, 1.807) is 55.6 Å². The molecule has 1 aliphatic rings. The molecule has 0 bridgehead atoms. The SMILES string of the molecule is COc1ccc(C(=O)N2CCN(c3cccc(C)c3C)CC2)cc1CN(C)S(=O)(=O)c1ccccc1. The number of benzene rings is 3. The number of carbonyl (C=O) groups is 1. The Morgan fingerprint density at radius 2 is 1.64 bits per heavy atom. The number of aryl methyl sites for hydroxylation is 1. The number of methoxy groups -OCH3 is 1. The van der Waals surface area contributed by atoms with Gasteiger partial charge in [0.2, 0.25) is 10.0 Å². The van der Waals surface area contributed by atoms with E-state index in [2.05, 4.69) is 36.9 Å². The van der Waals surface area contributed by atoms with Gasteiger partial charge in [-0.1, -0.05) is 30.3 Å². The smallest absolute Gasteiger partial charge is 0.253 e. The molecule has 1 amide bonds. The Morgan fingerprint density at radius 1 is 0.944 bits per heavy atom. The molecule has 1 fully saturated rings. The number of hydrogen-bond donors (Lipinski definition) is 0. The third-order valence-electron chi connectivity index (χ3n) is 6.86. The fraction of sp³-hybridized carbons (Fsp3) is 0.321. The number of anilines is 1. The first kappa shape index (κ1) is 25.7. The zero-order valence-electron chi connectivity index (χ0n) is 21.3. The maximum atomic E-state index is 13.4. The zero-order chi connectivity index (χ0) is 25.9. The van der Waals surface area contributed by atoms with Crippen LogP contribution in [0.1, 0.15) is 27.0 Å². The monoisotopic (exact) mass is 507 g/mol. The molecule has 0 unspecified atom stereocenters. The lowest BCUT2D eigenvalue weighted by Crippen LogP contribution is -2.49. The molecule has 3 aromatic rings. The number of sulfonamides is 1. The lowest BCUT2D eigenvalue weighted by Gasteiger charge is -2.37. The molecule has 4 rings (SSSR count). The molecule has 0 spiro atoms. The Bertz CT molecular complexity index is 1330. The Labute approximate surface area is 214 Å². The van der Waals surface area contributed by atoms with Gasteiger partial charge in [0.25, 0.3) is 5.91 Å². The zero-order valence-corrected chi connectivity index (χ0v) is 22.1. The molecular formula is C28H33N3O4S. The predicted molar refractivity (Wildman–Crippen MR) is 142 cm³/mol. The second-order valence-electron chi connectivity index (χ2n) is 9.10. The van der Waals surface area contributed by atoms with Crippen LogP contribution in [0.4, 0.5) is 5.69 Å². The largest absolute Gasteiger partial charge is 0.496 e. The molecule has 190 valence electrons. The molecular weight excluding hydrogens is 474 g/mol. The summed E-state index contributed by atoms with van der Waals surface area (Å²) >= 11 is 0. The summed E-state index contributed by atoms with van der Waals surface area (Å²) in [7, 11) is -0.607. The van der Waals surface area contributed by atoms with Crippen molar-refractivity contribution in [2.45, 2.75) is 25.3 Å². The van der Waals surface area contributed by atoms with Crippen LogP contribution >= 0.6 is 0 Å². The summed E-state index contributed by atoms with van der Waals surface area (Å²) in [5.41, 5.74) is 4.91. The van der Waals surface area contributed by atoms with Gasteiger partial charge in [-0.3, -0.25) is 4.79 Å². The van der Waals surface area contributed by atoms with E-state index in [1.165, 1.54) is 28.2 Å². The standard InChI is InChI=1S/C28H33N3O4S/c1-21-9-8-12-26(22(21)2)30-15-17-31(18-16-30)28(32)23-13-14-27(35-4)24(19-23)20-29(3)36(33,34)25-10-6-5-7-11-25/h5-14,19H,15-18,20H2,1-4H3. The highest BCUT2D eigenvalue weighted by atomic mass is 32.2. The Kier molecular flexibility index (Phi) is 7.66. The van der Waals surface area contributed by atoms with Crippen molar-refractivity contribution in [1.82, 2.24) is 9.21 Å². The number of nitrogens with zero attached hydrogens (tertiary/aromatic N) is 3. The van der Waals surface area contributed by atoms with Crippen LogP contribution in [-0.2, 0) is 16.6 Å². The number of ether oxygens (including phenoxy) is 1. The van der Waals surface area contributed by atoms with E-state index >= 15 is 0 Å². The summed E-state index contributed by atoms with van der Waals surface area (Å²) in [6, 6.07) is 19.9. The summed E-state index contributed by atoms with van der Waals surface area (Å²) in [6.45, 7) is 7.10. The van der Waals surface area contributed by atoms with Crippen molar-refractivity contribution < 1.29 is 17.9 Å². The van der Waals surface area contributed by atoms with E-state index in [9.17, 15) is 13.2 Å². The third-order valence-corrected chi connectivity index (χ3v) is 8.67. The van der Waals surface area contributed by atoms with Crippen LogP contribution in [0.3, 0.4) is 0 Å². The van der Waals surface area contributed by atoms with Gasteiger partial charge in [-0.2, -0.15) is 4.31 Å². The molecule has 0 saturated carbocycles. The minimum Gasteiger partial charge on any atom is -0.496 e. The van der Waals surface area contributed by atoms with Crippen LogP contribution in [0, 0.1) is 13.8 Å². The molecule has 36 heavy (non-hydrogen) atoms. The van der Waals surface area contributed by atoms with E-state index in [-0.39, 0.29) is 17.3 Å². The van der Waals surface area contributed by atoms with Crippen LogP contribution in [-0.4, -0.2) is 63.9 Å². The van der Waals surface area contributed by atoms with Crippen molar-refractivity contribution in [2.75, 3.05) is 45.2 Å². The summed E-state index contributed by atoms with van der Waals surface area (Å²) < 4.78 is 32.8. The van der Waals surface area contributed by atoms with Gasteiger partial charge in [-0.05, 0) is 61.4 Å². The van der Waals surface area contributed by atoms with Crippen LogP contribution in [0.5, 0.6) is 5.75 Å². The normalized spacial score (nSPS) is 14.2. The second kappa shape index (κ2) is 10.7. The molecule has 0 radical (unpaired) electrons. The molecule has 0 N–H and O–H groups in total. The highest BCUT2D eigenvalue weighted by Crippen LogP contribution is 2.27. The first-order valence-corrected chi connectivity index (χ1v) is 13.4. The minimum absolute atomic E-state index is 0.0620. The molecule has 7 nitrogen and oxygen atoms in total. The topological polar surface area (TPSA) is 70.2 Å². The minimum atomic E-state index is -3.68. The molecule has 1 aliphatic heterocycles. The van der Waals surface area contributed by atoms with E-state index in [1.807, 2.05) is 4.90 Å². The van der Waals surface area contributed by atoms with E-state index in [4.69, 9.17) is 4.74 Å². The summed E-state index contributed by atoms with van der Waals surface area (Å²) in [6.07, 6.45) is 0. The average Bonchev–Trinajstić information content (AvgIpc) is 2.90. The highest BCUT2D eigenvalue weighted by molar-refractivity contribution is 7.89. The predicted octanol–water partition coefficient (Wildman–Crippen LogP) is 4.10. The Hall–Kier alpha value is -3.36. The summed E-state index contributed by atoms with van der Waals surface area (Å²) in [4.78, 5) is 17.8. The second-order valence-corrected chi connectivity index (χ2v) is 11.1. The van der Waals surface area contributed by atoms with Crippen LogP contribution in [0.2, 0.25) is 0 Å². The number of rotatable bonds is 7. The molecule has 1 saturated heterocycles. The van der Waals surface area contributed by atoms with Gasteiger partial charge >= 0.3 is 0 Å². The van der Waals surface area contributed by atoms with E-state index in [0.29, 0.717) is 30.0 Å². The van der Waals surface area contributed by atoms with Gasteiger partial charge in [-0.15, -0.1) is 0 Å². The van der Waals surface area contributed by atoms with Gasteiger partial charge in [0, 0.05) is 56.6 Å². The van der Waals surface area contributed by atoms with Gasteiger partial charge in [0.05, 0.1) is 12.0 Å². The fourth-order valence-corrected chi connectivity index (χ4v) is 5.71. The van der Waals surface area contributed by atoms with Crippen molar-refractivity contribution in [3.63, 3.8) is 0 Å². The fourth-order valence-electron chi connectivity index (χ4n) is 4.54. The number of hydrogen-bond acceptors (Lipinski definition) is 5. The maximum Gasteiger partial charge on any atom is 0.253 e. The van der Waals surface area contributed by atoms with Crippen LogP contribution in [0.15, 0.2) is 71.6 Å². The Balaban J connectivity index is 1.49. The van der Waals surface area contributed by atoms with Gasteiger partial charge in [0.1, 0.15) is 5.75 Å². The van der Waals surface area contributed by atoms with Crippen LogP contribution < -0.4 is 9.64 Å². The first-order valence-electron chi connectivity index (χ1n) is 12.0. The van der Waals surface area contributed by atoms with Crippen molar-refractivity contribution in [3.05, 3.63) is 89.0 Å². The number of amides is 1. The number of piperazine rings is 1. The lowest BCUT2D eigenvalue weighted by atomic mass is 10.1. The number of carbonyl (C=O) groups excluding carboxylic acids is 1. The van der Waals surface area contributed by atoms with E-state index < -0.39 is 10.0 Å². The highest BCUT2D eigenvalue weighted by Gasteiger charge is 2.26.